The van der Waals surface area contributed by atoms with E-state index in [4.69, 9.17) is 10.3 Å². The number of rotatable bonds is 7. The SMILES string of the molecule is C[C@@H](NC(=O)O)[C@H](/C=N/O)C[C@@H](N[S@+]([O-])C(C)(C)C)C(F)(F)F. The minimum atomic E-state index is -4.70. The van der Waals surface area contributed by atoms with Crippen LogP contribution in [0.3, 0.4) is 0 Å². The van der Waals surface area contributed by atoms with Crippen molar-refractivity contribution in [1.82, 2.24) is 10.0 Å². The van der Waals surface area contributed by atoms with Gasteiger partial charge < -0.3 is 20.2 Å². The molecule has 0 radical (unpaired) electrons. The van der Waals surface area contributed by atoms with Crippen LogP contribution in [-0.2, 0) is 11.4 Å². The summed E-state index contributed by atoms with van der Waals surface area (Å²) in [5, 5.41) is 21.9. The van der Waals surface area contributed by atoms with Crippen molar-refractivity contribution >= 4 is 23.7 Å². The van der Waals surface area contributed by atoms with E-state index >= 15 is 0 Å². The molecule has 7 nitrogen and oxygen atoms in total. The number of halogens is 3. The fraction of sp³-hybridized carbons (Fsp3) is 0.833. The van der Waals surface area contributed by atoms with Crippen LogP contribution in [-0.4, -0.2) is 50.2 Å². The highest BCUT2D eigenvalue weighted by atomic mass is 32.2. The van der Waals surface area contributed by atoms with Gasteiger partial charge in [-0.15, -0.1) is 9.88 Å². The molecule has 0 saturated heterocycles. The first-order valence-electron chi connectivity index (χ1n) is 6.70. The Bertz CT molecular complexity index is 415. The number of amides is 1. The lowest BCUT2D eigenvalue weighted by atomic mass is 9.94. The fourth-order valence-electron chi connectivity index (χ4n) is 1.61. The van der Waals surface area contributed by atoms with Crippen LogP contribution in [0.25, 0.3) is 0 Å². The maximum absolute atomic E-state index is 13.2. The molecule has 0 rings (SSSR count). The highest BCUT2D eigenvalue weighted by Gasteiger charge is 2.46. The van der Waals surface area contributed by atoms with Crippen molar-refractivity contribution in [2.75, 3.05) is 0 Å². The molecule has 0 aromatic rings. The van der Waals surface area contributed by atoms with Gasteiger partial charge in [0.2, 0.25) is 0 Å². The lowest BCUT2D eigenvalue weighted by Crippen LogP contribution is -2.52. The first-order chi connectivity index (χ1) is 10.3. The highest BCUT2D eigenvalue weighted by Crippen LogP contribution is 2.28. The quantitative estimate of drug-likeness (QED) is 0.240. The molecule has 23 heavy (non-hydrogen) atoms. The number of oxime groups is 1. The monoisotopic (exact) mass is 361 g/mol. The molecule has 0 aromatic heterocycles. The molecule has 0 heterocycles. The summed E-state index contributed by atoms with van der Waals surface area (Å²) < 4.78 is 52.5. The Hall–Kier alpha value is -1.20. The molecular formula is C12H22F3N3O4S. The summed E-state index contributed by atoms with van der Waals surface area (Å²) in [4.78, 5) is 10.6. The largest absolute Gasteiger partial charge is 0.598 e. The summed E-state index contributed by atoms with van der Waals surface area (Å²) in [6.45, 7) is 5.90. The van der Waals surface area contributed by atoms with Gasteiger partial charge in [-0.1, -0.05) is 0 Å². The normalized spacial score (nSPS) is 18.4. The molecule has 136 valence electrons. The zero-order valence-corrected chi connectivity index (χ0v) is 14.0. The third kappa shape index (κ3) is 8.28. The Morgan fingerprint density at radius 3 is 2.26 bits per heavy atom. The molecule has 0 bridgehead atoms. The molecule has 0 aliphatic rings. The number of carbonyl (C=O) groups is 1. The molecule has 0 unspecified atom stereocenters. The Morgan fingerprint density at radius 2 is 1.91 bits per heavy atom. The van der Waals surface area contributed by atoms with E-state index in [1.165, 1.54) is 27.7 Å². The maximum atomic E-state index is 13.2. The lowest BCUT2D eigenvalue weighted by molar-refractivity contribution is -0.154. The highest BCUT2D eigenvalue weighted by molar-refractivity contribution is 7.90. The second-order valence-corrected chi connectivity index (χ2v) is 7.99. The van der Waals surface area contributed by atoms with Crippen molar-refractivity contribution in [1.29, 1.82) is 0 Å². The molecule has 0 aliphatic carbocycles. The van der Waals surface area contributed by atoms with E-state index in [9.17, 15) is 22.5 Å². The molecule has 11 heteroatoms. The van der Waals surface area contributed by atoms with E-state index in [-0.39, 0.29) is 0 Å². The Labute approximate surface area is 135 Å². The van der Waals surface area contributed by atoms with Gasteiger partial charge in [0.15, 0.2) is 0 Å². The van der Waals surface area contributed by atoms with Gasteiger partial charge in [-0.3, -0.25) is 0 Å². The van der Waals surface area contributed by atoms with Crippen LogP contribution in [0.5, 0.6) is 0 Å². The molecule has 4 atom stereocenters. The number of hydrogen-bond acceptors (Lipinski definition) is 5. The lowest BCUT2D eigenvalue weighted by Gasteiger charge is -2.31. The van der Waals surface area contributed by atoms with Gasteiger partial charge in [-0.25, -0.2) is 4.79 Å². The van der Waals surface area contributed by atoms with Crippen LogP contribution in [0.2, 0.25) is 0 Å². The van der Waals surface area contributed by atoms with Gasteiger partial charge in [0, 0.05) is 29.5 Å². The van der Waals surface area contributed by atoms with Crippen molar-refractivity contribution < 1.29 is 32.8 Å². The molecular weight excluding hydrogens is 339 g/mol. The fourth-order valence-corrected chi connectivity index (χ4v) is 2.45. The van der Waals surface area contributed by atoms with Crippen LogP contribution in [0.4, 0.5) is 18.0 Å². The molecule has 0 fully saturated rings. The number of nitrogens with zero attached hydrogens (tertiary/aromatic N) is 1. The smallest absolute Gasteiger partial charge is 0.408 e. The molecule has 0 spiro atoms. The van der Waals surface area contributed by atoms with E-state index in [1.54, 1.807) is 0 Å². The Morgan fingerprint density at radius 1 is 1.39 bits per heavy atom. The van der Waals surface area contributed by atoms with Crippen molar-refractivity contribution in [3.63, 3.8) is 0 Å². The van der Waals surface area contributed by atoms with E-state index in [1.807, 2.05) is 10.0 Å². The minimum absolute atomic E-state index is 0.642. The van der Waals surface area contributed by atoms with Gasteiger partial charge in [-0.2, -0.15) is 13.2 Å². The van der Waals surface area contributed by atoms with E-state index < -0.39 is 52.8 Å². The third-order valence-corrected chi connectivity index (χ3v) is 4.57. The maximum Gasteiger partial charge on any atom is 0.408 e. The summed E-state index contributed by atoms with van der Waals surface area (Å²) in [5.41, 5.74) is 0. The first-order valence-corrected chi connectivity index (χ1v) is 7.85. The average Bonchev–Trinajstić information content (AvgIpc) is 2.33. The van der Waals surface area contributed by atoms with Gasteiger partial charge in [0.05, 0.1) is 0 Å². The predicted octanol–water partition coefficient (Wildman–Crippen LogP) is 2.09. The molecule has 0 saturated carbocycles. The molecule has 0 aromatic carbocycles. The molecule has 1 amide bonds. The van der Waals surface area contributed by atoms with Gasteiger partial charge in [0.1, 0.15) is 10.8 Å². The average molecular weight is 361 g/mol. The van der Waals surface area contributed by atoms with E-state index in [0.717, 1.165) is 6.21 Å². The van der Waals surface area contributed by atoms with E-state index in [0.29, 0.717) is 0 Å². The summed E-state index contributed by atoms with van der Waals surface area (Å²) in [7, 11) is 0. The molecule has 4 N–H and O–H groups in total. The summed E-state index contributed by atoms with van der Waals surface area (Å²) >= 11 is -1.97. The third-order valence-electron chi connectivity index (χ3n) is 2.96. The van der Waals surface area contributed by atoms with Crippen LogP contribution >= 0.6 is 0 Å². The first kappa shape index (κ1) is 21.8. The van der Waals surface area contributed by atoms with Gasteiger partial charge in [0.25, 0.3) is 0 Å². The van der Waals surface area contributed by atoms with Crippen molar-refractivity contribution in [2.24, 2.45) is 11.1 Å². The van der Waals surface area contributed by atoms with Crippen molar-refractivity contribution in [2.45, 2.75) is 57.1 Å². The Balaban J connectivity index is 5.20. The summed E-state index contributed by atoms with van der Waals surface area (Å²) in [6, 6.07) is -3.08. The van der Waals surface area contributed by atoms with Gasteiger partial charge in [-0.05, 0) is 34.1 Å². The number of alkyl halides is 3. The van der Waals surface area contributed by atoms with Crippen molar-refractivity contribution in [3.8, 4) is 0 Å². The van der Waals surface area contributed by atoms with Crippen LogP contribution in [0.15, 0.2) is 5.16 Å². The molecule has 0 aliphatic heterocycles. The predicted molar refractivity (Wildman–Crippen MR) is 79.9 cm³/mol. The second kappa shape index (κ2) is 8.60. The summed E-state index contributed by atoms with van der Waals surface area (Å²) in [5.74, 6) is -1.05. The second-order valence-electron chi connectivity index (χ2n) is 6.00. The van der Waals surface area contributed by atoms with Crippen LogP contribution in [0.1, 0.15) is 34.1 Å². The standard InChI is InChI=1S/C12H22F3N3O4S/c1-7(17-10(19)20)8(6-16-21)5-9(12(13,14)15)18-23(22)11(2,3)4/h6-9,17-18,21H,5H2,1-4H3,(H,19,20)/b16-6+/t7-,8+,9-,23-/m1/s1. The zero-order chi connectivity index (χ0) is 18.4. The number of hydrogen-bond donors (Lipinski definition) is 4. The topological polar surface area (TPSA) is 117 Å². The Kier molecular flexibility index (Phi) is 8.15. The van der Waals surface area contributed by atoms with Crippen LogP contribution in [0, 0.1) is 5.92 Å². The van der Waals surface area contributed by atoms with E-state index in [2.05, 4.69) is 5.16 Å². The van der Waals surface area contributed by atoms with Crippen molar-refractivity contribution in [3.05, 3.63) is 0 Å². The van der Waals surface area contributed by atoms with Gasteiger partial charge >= 0.3 is 12.3 Å². The minimum Gasteiger partial charge on any atom is -0.598 e. The number of carboxylic acid groups (broad SMARTS) is 1. The number of nitrogens with one attached hydrogen (secondary N) is 2. The summed E-state index contributed by atoms with van der Waals surface area (Å²) in [6.07, 6.45) is -5.94. The van der Waals surface area contributed by atoms with Crippen LogP contribution < -0.4 is 10.0 Å². The zero-order valence-electron chi connectivity index (χ0n) is 13.2.